The van der Waals surface area contributed by atoms with Gasteiger partial charge in [0.15, 0.2) is 0 Å². The van der Waals surface area contributed by atoms with Crippen molar-refractivity contribution in [2.24, 2.45) is 0 Å². The quantitative estimate of drug-likeness (QED) is 0.713. The SMILES string of the molecule is C[C@@H](OS(=O)(=O)c1ccc(Br)cc1)[C@@H](C)c1cccc(C#N)c1. The number of nitrogens with zero attached hydrogens (tertiary/aromatic N) is 1. The van der Waals surface area contributed by atoms with Gasteiger partial charge in [0.1, 0.15) is 0 Å². The zero-order valence-electron chi connectivity index (χ0n) is 12.7. The van der Waals surface area contributed by atoms with Crippen molar-refractivity contribution in [3.8, 4) is 6.07 Å². The first kappa shape index (κ1) is 17.7. The van der Waals surface area contributed by atoms with Gasteiger partial charge in [0.2, 0.25) is 0 Å². The van der Waals surface area contributed by atoms with E-state index in [0.29, 0.717) is 5.56 Å². The van der Waals surface area contributed by atoms with Crippen LogP contribution in [0.2, 0.25) is 0 Å². The molecule has 0 fully saturated rings. The summed E-state index contributed by atoms with van der Waals surface area (Å²) >= 11 is 3.27. The molecule has 0 N–H and O–H groups in total. The minimum atomic E-state index is -3.83. The third-order valence-electron chi connectivity index (χ3n) is 3.63. The summed E-state index contributed by atoms with van der Waals surface area (Å²) in [5, 5.41) is 8.96. The van der Waals surface area contributed by atoms with Crippen LogP contribution in [-0.2, 0) is 14.3 Å². The van der Waals surface area contributed by atoms with Crippen LogP contribution >= 0.6 is 15.9 Å². The largest absolute Gasteiger partial charge is 0.297 e. The van der Waals surface area contributed by atoms with Gasteiger partial charge in [0.05, 0.1) is 22.6 Å². The smallest absolute Gasteiger partial charge is 0.263 e. The van der Waals surface area contributed by atoms with Crippen LogP contribution in [0.5, 0.6) is 0 Å². The fraction of sp³-hybridized carbons (Fsp3) is 0.235. The molecule has 0 saturated heterocycles. The van der Waals surface area contributed by atoms with Crippen LogP contribution in [0.1, 0.15) is 30.9 Å². The van der Waals surface area contributed by atoms with Crippen LogP contribution in [0.3, 0.4) is 0 Å². The Hall–Kier alpha value is -1.68. The van der Waals surface area contributed by atoms with Crippen LogP contribution in [0, 0.1) is 11.3 Å². The molecule has 0 spiro atoms. The highest BCUT2D eigenvalue weighted by Crippen LogP contribution is 2.26. The summed E-state index contributed by atoms with van der Waals surface area (Å²) < 4.78 is 30.8. The molecule has 0 aliphatic heterocycles. The second kappa shape index (κ2) is 7.26. The number of hydrogen-bond acceptors (Lipinski definition) is 4. The number of benzene rings is 2. The van der Waals surface area contributed by atoms with Crippen LogP contribution in [0.15, 0.2) is 57.9 Å². The maximum absolute atomic E-state index is 12.3. The van der Waals surface area contributed by atoms with Gasteiger partial charge in [-0.3, -0.25) is 4.18 Å². The summed E-state index contributed by atoms with van der Waals surface area (Å²) in [6.45, 7) is 3.58. The first-order chi connectivity index (χ1) is 10.8. The van der Waals surface area contributed by atoms with E-state index in [-0.39, 0.29) is 10.8 Å². The highest BCUT2D eigenvalue weighted by atomic mass is 79.9. The van der Waals surface area contributed by atoms with Gasteiger partial charge in [0.25, 0.3) is 10.1 Å². The average Bonchev–Trinajstić information content (AvgIpc) is 2.54. The second-order valence-electron chi connectivity index (χ2n) is 5.24. The van der Waals surface area contributed by atoms with Gasteiger partial charge < -0.3 is 0 Å². The Morgan fingerprint density at radius 1 is 1.13 bits per heavy atom. The van der Waals surface area contributed by atoms with Crippen LogP contribution in [0.25, 0.3) is 0 Å². The van der Waals surface area contributed by atoms with E-state index < -0.39 is 16.2 Å². The summed E-state index contributed by atoms with van der Waals surface area (Å²) in [5.74, 6) is -0.173. The lowest BCUT2D eigenvalue weighted by molar-refractivity contribution is 0.203. The summed E-state index contributed by atoms with van der Waals surface area (Å²) in [5.41, 5.74) is 1.40. The number of halogens is 1. The number of hydrogen-bond donors (Lipinski definition) is 0. The molecule has 6 heteroatoms. The van der Waals surface area contributed by atoms with Gasteiger partial charge in [-0.2, -0.15) is 13.7 Å². The van der Waals surface area contributed by atoms with Crippen molar-refractivity contribution in [2.75, 3.05) is 0 Å². The molecule has 120 valence electrons. The van der Waals surface area contributed by atoms with Gasteiger partial charge >= 0.3 is 0 Å². The molecule has 0 saturated carbocycles. The van der Waals surface area contributed by atoms with Crippen LogP contribution in [-0.4, -0.2) is 14.5 Å². The van der Waals surface area contributed by atoms with E-state index >= 15 is 0 Å². The lowest BCUT2D eigenvalue weighted by atomic mass is 9.95. The first-order valence-electron chi connectivity index (χ1n) is 7.02. The Morgan fingerprint density at radius 3 is 2.39 bits per heavy atom. The zero-order valence-corrected chi connectivity index (χ0v) is 15.1. The van der Waals surface area contributed by atoms with E-state index in [2.05, 4.69) is 22.0 Å². The molecule has 0 aliphatic rings. The van der Waals surface area contributed by atoms with Crippen molar-refractivity contribution in [2.45, 2.75) is 30.8 Å². The fourth-order valence-corrected chi connectivity index (χ4v) is 3.51. The highest BCUT2D eigenvalue weighted by Gasteiger charge is 2.24. The fourth-order valence-electron chi connectivity index (χ4n) is 2.10. The molecular weight excluding hydrogens is 378 g/mol. The van der Waals surface area contributed by atoms with E-state index in [0.717, 1.165) is 10.0 Å². The van der Waals surface area contributed by atoms with E-state index in [1.807, 2.05) is 13.0 Å². The monoisotopic (exact) mass is 393 g/mol. The lowest BCUT2D eigenvalue weighted by Gasteiger charge is -2.20. The van der Waals surface area contributed by atoms with Gasteiger partial charge in [0, 0.05) is 10.4 Å². The van der Waals surface area contributed by atoms with Gasteiger partial charge in [-0.25, -0.2) is 0 Å². The molecule has 0 aromatic heterocycles. The van der Waals surface area contributed by atoms with Gasteiger partial charge in [-0.1, -0.05) is 35.0 Å². The van der Waals surface area contributed by atoms with Crippen molar-refractivity contribution < 1.29 is 12.6 Å². The maximum atomic E-state index is 12.3. The van der Waals surface area contributed by atoms with E-state index in [4.69, 9.17) is 9.44 Å². The molecule has 0 unspecified atom stereocenters. The van der Waals surface area contributed by atoms with E-state index in [9.17, 15) is 8.42 Å². The summed E-state index contributed by atoms with van der Waals surface area (Å²) in [4.78, 5) is 0.116. The molecule has 0 amide bonds. The highest BCUT2D eigenvalue weighted by molar-refractivity contribution is 9.10. The Morgan fingerprint density at radius 2 is 1.78 bits per heavy atom. The van der Waals surface area contributed by atoms with Crippen LogP contribution < -0.4 is 0 Å². The summed E-state index contributed by atoms with van der Waals surface area (Å²) in [7, 11) is -3.83. The topological polar surface area (TPSA) is 67.2 Å². The molecule has 4 nitrogen and oxygen atoms in total. The Bertz CT molecular complexity index is 826. The van der Waals surface area contributed by atoms with Crippen molar-refractivity contribution in [3.63, 3.8) is 0 Å². The lowest BCUT2D eigenvalue weighted by Crippen LogP contribution is -2.21. The predicted octanol–water partition coefficient (Wildman–Crippen LogP) is 4.22. The molecule has 2 rings (SSSR count). The molecule has 0 heterocycles. The molecular formula is C17H16BrNO3S. The third kappa shape index (κ3) is 4.41. The normalized spacial score (nSPS) is 14.0. The molecule has 2 aromatic rings. The van der Waals surface area contributed by atoms with Gasteiger partial charge in [-0.15, -0.1) is 0 Å². The minimum absolute atomic E-state index is 0.116. The van der Waals surface area contributed by atoms with Crippen molar-refractivity contribution in [1.29, 1.82) is 5.26 Å². The van der Waals surface area contributed by atoms with E-state index in [1.165, 1.54) is 12.1 Å². The molecule has 0 aliphatic carbocycles. The minimum Gasteiger partial charge on any atom is -0.263 e. The Labute approximate surface area is 145 Å². The Kier molecular flexibility index (Phi) is 5.58. The maximum Gasteiger partial charge on any atom is 0.297 e. The second-order valence-corrected chi connectivity index (χ2v) is 7.72. The van der Waals surface area contributed by atoms with Crippen molar-refractivity contribution in [3.05, 3.63) is 64.1 Å². The predicted molar refractivity (Wildman–Crippen MR) is 91.4 cm³/mol. The van der Waals surface area contributed by atoms with Crippen molar-refractivity contribution in [1.82, 2.24) is 0 Å². The Balaban J connectivity index is 2.18. The van der Waals surface area contributed by atoms with Crippen LogP contribution in [0.4, 0.5) is 0 Å². The summed E-state index contributed by atoms with van der Waals surface area (Å²) in [6, 6.07) is 15.5. The standard InChI is InChI=1S/C17H16BrNO3S/c1-12(15-5-3-4-14(10-15)11-19)13(2)22-23(20,21)17-8-6-16(18)7-9-17/h3-10,12-13H,1-2H3/t12-,13-/m1/s1. The molecule has 0 radical (unpaired) electrons. The summed E-state index contributed by atoms with van der Waals surface area (Å²) in [6.07, 6.45) is -0.558. The first-order valence-corrected chi connectivity index (χ1v) is 9.22. The van der Waals surface area contributed by atoms with E-state index in [1.54, 1.807) is 37.3 Å². The van der Waals surface area contributed by atoms with Gasteiger partial charge in [-0.05, 0) is 48.9 Å². The molecule has 2 atom stereocenters. The molecule has 0 bridgehead atoms. The average molecular weight is 394 g/mol. The number of rotatable bonds is 5. The number of nitriles is 1. The van der Waals surface area contributed by atoms with Crippen molar-refractivity contribution >= 4 is 26.0 Å². The molecule has 23 heavy (non-hydrogen) atoms. The zero-order chi connectivity index (χ0) is 17.0. The molecule has 2 aromatic carbocycles. The third-order valence-corrected chi connectivity index (χ3v) is 5.56.